The molecule has 15 heavy (non-hydrogen) atoms. The van der Waals surface area contributed by atoms with Crippen LogP contribution in [0.1, 0.15) is 33.6 Å². The van der Waals surface area contributed by atoms with Crippen LogP contribution in [0.2, 0.25) is 0 Å². The number of fused-ring (bicyclic) bond motifs is 2. The lowest BCUT2D eigenvalue weighted by Gasteiger charge is -2.37. The highest BCUT2D eigenvalue weighted by Gasteiger charge is 2.57. The van der Waals surface area contributed by atoms with Crippen molar-refractivity contribution in [1.29, 1.82) is 0 Å². The van der Waals surface area contributed by atoms with Crippen molar-refractivity contribution < 1.29 is 4.84 Å². The first kappa shape index (κ1) is 10.6. The van der Waals surface area contributed by atoms with Crippen LogP contribution in [-0.4, -0.2) is 6.61 Å². The summed E-state index contributed by atoms with van der Waals surface area (Å²) in [5.41, 5.74) is 4.82. The monoisotopic (exact) mass is 205 g/mol. The van der Waals surface area contributed by atoms with E-state index in [2.05, 4.69) is 38.2 Å². The van der Waals surface area contributed by atoms with Crippen LogP contribution in [-0.2, 0) is 4.84 Å². The fourth-order valence-electron chi connectivity index (χ4n) is 3.00. The van der Waals surface area contributed by atoms with Crippen molar-refractivity contribution in [1.82, 2.24) is 5.48 Å². The molecule has 2 aliphatic carbocycles. The van der Waals surface area contributed by atoms with E-state index in [9.17, 15) is 0 Å². The Balaban J connectivity index is 2.10. The molecule has 2 atom stereocenters. The van der Waals surface area contributed by atoms with Gasteiger partial charge in [-0.3, -0.25) is 10.3 Å². The van der Waals surface area contributed by atoms with Gasteiger partial charge in [-0.2, -0.15) is 0 Å². The predicted octanol–water partition coefficient (Wildman–Crippen LogP) is 2.48. The van der Waals surface area contributed by atoms with E-state index >= 15 is 0 Å². The van der Waals surface area contributed by atoms with Crippen molar-refractivity contribution in [2.24, 2.45) is 16.7 Å². The number of allylic oxidation sites excluding steroid dienone is 2. The maximum atomic E-state index is 5.22. The number of hydroxylamine groups is 1. The average molecular weight is 205 g/mol. The van der Waals surface area contributed by atoms with Crippen LogP contribution in [0.3, 0.4) is 0 Å². The Morgan fingerprint density at radius 2 is 2.33 bits per heavy atom. The van der Waals surface area contributed by atoms with E-state index in [4.69, 9.17) is 11.3 Å². The summed E-state index contributed by atoms with van der Waals surface area (Å²) in [6, 6.07) is 0. The summed E-state index contributed by atoms with van der Waals surface area (Å²) < 4.78 is 0. The molecule has 0 aliphatic heterocycles. The molecular formula is C13H19NO. The summed E-state index contributed by atoms with van der Waals surface area (Å²) in [5, 5.41) is 0. The summed E-state index contributed by atoms with van der Waals surface area (Å²) in [6.07, 6.45) is 9.99. The van der Waals surface area contributed by atoms with E-state index in [0.29, 0.717) is 17.9 Å². The average Bonchev–Trinajstić information content (AvgIpc) is 2.51. The molecule has 0 aromatic heterocycles. The third kappa shape index (κ3) is 1.30. The van der Waals surface area contributed by atoms with Gasteiger partial charge in [-0.05, 0) is 24.2 Å². The second kappa shape index (κ2) is 3.28. The Labute approximate surface area is 92.0 Å². The highest BCUT2D eigenvalue weighted by molar-refractivity contribution is 5.29. The number of hydrogen-bond donors (Lipinski definition) is 1. The molecule has 1 N–H and O–H groups in total. The van der Waals surface area contributed by atoms with Crippen LogP contribution in [0.25, 0.3) is 0 Å². The number of hydrogen-bond acceptors (Lipinski definition) is 2. The zero-order valence-electron chi connectivity index (χ0n) is 9.76. The van der Waals surface area contributed by atoms with Crippen molar-refractivity contribution in [3.8, 4) is 12.3 Å². The van der Waals surface area contributed by atoms with Gasteiger partial charge >= 0.3 is 0 Å². The molecule has 2 heteroatoms. The molecule has 82 valence electrons. The Bertz CT molecular complexity index is 337. The van der Waals surface area contributed by atoms with Gasteiger partial charge in [0.1, 0.15) is 6.61 Å². The zero-order chi connectivity index (χ0) is 11.1. The molecule has 0 heterocycles. The quantitative estimate of drug-likeness (QED) is 0.434. The van der Waals surface area contributed by atoms with Crippen molar-refractivity contribution in [3.05, 3.63) is 11.8 Å². The summed E-state index contributed by atoms with van der Waals surface area (Å²) in [6.45, 7) is 7.32. The third-order valence-corrected chi connectivity index (χ3v) is 4.60. The lowest BCUT2D eigenvalue weighted by atomic mass is 9.69. The van der Waals surface area contributed by atoms with E-state index in [-0.39, 0.29) is 5.41 Å². The molecule has 2 rings (SSSR count). The second-order valence-corrected chi connectivity index (χ2v) is 5.37. The van der Waals surface area contributed by atoms with Crippen LogP contribution in [0.4, 0.5) is 0 Å². The van der Waals surface area contributed by atoms with Gasteiger partial charge in [-0.25, -0.2) is 0 Å². The van der Waals surface area contributed by atoms with E-state index in [0.717, 1.165) is 0 Å². The lowest BCUT2D eigenvalue weighted by Crippen LogP contribution is -2.35. The molecule has 0 radical (unpaired) electrons. The van der Waals surface area contributed by atoms with Crippen LogP contribution >= 0.6 is 0 Å². The van der Waals surface area contributed by atoms with Gasteiger partial charge in [0.15, 0.2) is 0 Å². The number of rotatable bonds is 3. The normalized spacial score (nSPS) is 36.1. The van der Waals surface area contributed by atoms with E-state index in [1.165, 1.54) is 18.5 Å². The first-order valence-electron chi connectivity index (χ1n) is 5.56. The Morgan fingerprint density at radius 1 is 1.60 bits per heavy atom. The van der Waals surface area contributed by atoms with Gasteiger partial charge in [-0.15, -0.1) is 6.42 Å². The fraction of sp³-hybridized carbons (Fsp3) is 0.692. The SMILES string of the molecule is C#CCONC1=CC2CCC1(C)C2(C)C. The summed E-state index contributed by atoms with van der Waals surface area (Å²) in [4.78, 5) is 5.22. The third-order valence-electron chi connectivity index (χ3n) is 4.60. The molecule has 2 bridgehead atoms. The Kier molecular flexibility index (Phi) is 2.31. The summed E-state index contributed by atoms with van der Waals surface area (Å²) >= 11 is 0. The largest absolute Gasteiger partial charge is 0.270 e. The molecular weight excluding hydrogens is 186 g/mol. The Hall–Kier alpha value is -0.940. The number of nitrogens with one attached hydrogen (secondary N) is 1. The molecule has 1 fully saturated rings. The minimum absolute atomic E-state index is 0.228. The lowest BCUT2D eigenvalue weighted by molar-refractivity contribution is 0.0552. The minimum atomic E-state index is 0.228. The fourth-order valence-corrected chi connectivity index (χ4v) is 3.00. The van der Waals surface area contributed by atoms with Crippen molar-refractivity contribution in [3.63, 3.8) is 0 Å². The van der Waals surface area contributed by atoms with Crippen molar-refractivity contribution in [2.45, 2.75) is 33.6 Å². The van der Waals surface area contributed by atoms with Crippen LogP contribution in [0.5, 0.6) is 0 Å². The van der Waals surface area contributed by atoms with Crippen molar-refractivity contribution in [2.75, 3.05) is 6.61 Å². The van der Waals surface area contributed by atoms with E-state index in [1.54, 1.807) is 0 Å². The van der Waals surface area contributed by atoms with Gasteiger partial charge < -0.3 is 0 Å². The number of terminal acetylenes is 1. The Morgan fingerprint density at radius 3 is 2.80 bits per heavy atom. The summed E-state index contributed by atoms with van der Waals surface area (Å²) in [5.74, 6) is 3.14. The summed E-state index contributed by atoms with van der Waals surface area (Å²) in [7, 11) is 0. The molecule has 1 saturated carbocycles. The topological polar surface area (TPSA) is 21.3 Å². The van der Waals surface area contributed by atoms with Gasteiger partial charge in [0, 0.05) is 11.1 Å². The minimum Gasteiger partial charge on any atom is -0.270 e. The van der Waals surface area contributed by atoms with Gasteiger partial charge in [0.2, 0.25) is 0 Å². The van der Waals surface area contributed by atoms with E-state index < -0.39 is 0 Å². The van der Waals surface area contributed by atoms with E-state index in [1.807, 2.05) is 0 Å². The first-order chi connectivity index (χ1) is 7.02. The van der Waals surface area contributed by atoms with Gasteiger partial charge in [0.05, 0.1) is 0 Å². The van der Waals surface area contributed by atoms with Crippen LogP contribution in [0.15, 0.2) is 11.8 Å². The molecule has 0 amide bonds. The first-order valence-corrected chi connectivity index (χ1v) is 5.56. The molecule has 2 nitrogen and oxygen atoms in total. The predicted molar refractivity (Wildman–Crippen MR) is 60.6 cm³/mol. The second-order valence-electron chi connectivity index (χ2n) is 5.37. The molecule has 0 aromatic carbocycles. The highest BCUT2D eigenvalue weighted by atomic mass is 16.6. The zero-order valence-corrected chi connectivity index (χ0v) is 9.76. The maximum absolute atomic E-state index is 5.22. The van der Waals surface area contributed by atoms with Crippen LogP contribution < -0.4 is 5.48 Å². The molecule has 0 spiro atoms. The smallest absolute Gasteiger partial charge is 0.135 e. The van der Waals surface area contributed by atoms with Gasteiger partial charge in [-0.1, -0.05) is 32.8 Å². The standard InChI is InChI=1S/C13H19NO/c1-5-8-15-14-11-9-10-6-7-13(11,4)12(10,2)3/h1,9-10,14H,6-8H2,2-4H3. The van der Waals surface area contributed by atoms with Crippen LogP contribution in [0, 0.1) is 29.1 Å². The molecule has 2 aliphatic rings. The van der Waals surface area contributed by atoms with Crippen molar-refractivity contribution >= 4 is 0 Å². The highest BCUT2D eigenvalue weighted by Crippen LogP contribution is 2.64. The maximum Gasteiger partial charge on any atom is 0.135 e. The molecule has 2 unspecified atom stereocenters. The molecule has 0 aromatic rings. The molecule has 0 saturated heterocycles. The van der Waals surface area contributed by atoms with Gasteiger partial charge in [0.25, 0.3) is 0 Å².